The van der Waals surface area contributed by atoms with E-state index in [-0.39, 0.29) is 11.5 Å². The van der Waals surface area contributed by atoms with Crippen LogP contribution in [-0.2, 0) is 0 Å². The van der Waals surface area contributed by atoms with Crippen LogP contribution in [0.15, 0.2) is 18.2 Å². The van der Waals surface area contributed by atoms with Crippen molar-refractivity contribution >= 4 is 0 Å². The Hall–Kier alpha value is -1.53. The summed E-state index contributed by atoms with van der Waals surface area (Å²) in [5.41, 5.74) is 7.97. The van der Waals surface area contributed by atoms with Crippen LogP contribution in [0, 0.1) is 23.7 Å². The molecule has 3 nitrogen and oxygen atoms in total. The smallest absolute Gasteiger partial charge is 0.122 e. The van der Waals surface area contributed by atoms with Gasteiger partial charge in [-0.2, -0.15) is 5.26 Å². The Bertz CT molecular complexity index is 458. The maximum absolute atomic E-state index is 9.14. The van der Waals surface area contributed by atoms with Crippen LogP contribution in [0.2, 0.25) is 0 Å². The summed E-state index contributed by atoms with van der Waals surface area (Å²) in [4.78, 5) is 0. The first-order valence-electron chi connectivity index (χ1n) is 6.03. The van der Waals surface area contributed by atoms with E-state index in [1.165, 1.54) is 0 Å². The average molecular weight is 230 g/mol. The van der Waals surface area contributed by atoms with Gasteiger partial charge < -0.3 is 10.5 Å². The molecule has 0 bridgehead atoms. The molecule has 0 aromatic heterocycles. The lowest BCUT2D eigenvalue weighted by Gasteiger charge is -2.18. The molecule has 17 heavy (non-hydrogen) atoms. The van der Waals surface area contributed by atoms with Crippen LogP contribution in [0.1, 0.15) is 36.9 Å². The number of rotatable bonds is 4. The highest BCUT2D eigenvalue weighted by atomic mass is 16.5. The first kappa shape index (κ1) is 11.9. The predicted molar refractivity (Wildman–Crippen MR) is 66.6 cm³/mol. The molecule has 90 valence electrons. The van der Waals surface area contributed by atoms with Gasteiger partial charge in [-0.15, -0.1) is 0 Å². The van der Waals surface area contributed by atoms with Crippen molar-refractivity contribution in [1.29, 1.82) is 5.26 Å². The second kappa shape index (κ2) is 4.38. The van der Waals surface area contributed by atoms with Gasteiger partial charge in [0.25, 0.3) is 0 Å². The van der Waals surface area contributed by atoms with Crippen LogP contribution in [0.25, 0.3) is 0 Å². The number of hydrogen-bond donors (Lipinski definition) is 1. The van der Waals surface area contributed by atoms with E-state index in [0.29, 0.717) is 6.61 Å². The van der Waals surface area contributed by atoms with Crippen LogP contribution in [0.3, 0.4) is 0 Å². The van der Waals surface area contributed by atoms with Crippen molar-refractivity contribution in [3.8, 4) is 11.8 Å². The molecule has 2 rings (SSSR count). The molecule has 1 aliphatic rings. The standard InChI is InChI=1S/C14H18N2O/c1-3-17-12-5-4-11(8-10(12)2)13(16)14(9-15)6-7-14/h4-5,8,13H,3,6-7,16H2,1-2H3. The largest absolute Gasteiger partial charge is 0.494 e. The number of nitrogens with zero attached hydrogens (tertiary/aromatic N) is 1. The first-order valence-corrected chi connectivity index (χ1v) is 6.03. The van der Waals surface area contributed by atoms with Crippen molar-refractivity contribution in [1.82, 2.24) is 0 Å². The maximum Gasteiger partial charge on any atom is 0.122 e. The van der Waals surface area contributed by atoms with Crippen LogP contribution in [0.4, 0.5) is 0 Å². The summed E-state index contributed by atoms with van der Waals surface area (Å²) < 4.78 is 5.49. The van der Waals surface area contributed by atoms with Gasteiger partial charge in [-0.25, -0.2) is 0 Å². The number of nitriles is 1. The summed E-state index contributed by atoms with van der Waals surface area (Å²) in [5, 5.41) is 9.14. The molecule has 3 heteroatoms. The molecule has 2 N–H and O–H groups in total. The van der Waals surface area contributed by atoms with E-state index in [2.05, 4.69) is 6.07 Å². The Kier molecular flexibility index (Phi) is 3.08. The highest BCUT2D eigenvalue weighted by Gasteiger charge is 2.49. The third kappa shape index (κ3) is 2.13. The summed E-state index contributed by atoms with van der Waals surface area (Å²) in [6.45, 7) is 4.63. The minimum Gasteiger partial charge on any atom is -0.494 e. The van der Waals surface area contributed by atoms with Crippen molar-refractivity contribution < 1.29 is 4.74 Å². The maximum atomic E-state index is 9.14. The summed E-state index contributed by atoms with van der Waals surface area (Å²) in [6, 6.07) is 8.13. The van der Waals surface area contributed by atoms with E-state index < -0.39 is 0 Å². The monoisotopic (exact) mass is 230 g/mol. The Morgan fingerprint density at radius 2 is 2.24 bits per heavy atom. The highest BCUT2D eigenvalue weighted by Crippen LogP contribution is 2.53. The van der Waals surface area contributed by atoms with Gasteiger partial charge in [-0.1, -0.05) is 12.1 Å². The van der Waals surface area contributed by atoms with Crippen molar-refractivity contribution in [2.75, 3.05) is 6.61 Å². The lowest BCUT2D eigenvalue weighted by Crippen LogP contribution is -2.21. The van der Waals surface area contributed by atoms with Gasteiger partial charge in [0.2, 0.25) is 0 Å². The molecule has 0 saturated heterocycles. The second-order valence-corrected chi connectivity index (χ2v) is 4.70. The van der Waals surface area contributed by atoms with E-state index in [1.54, 1.807) is 0 Å². The zero-order valence-corrected chi connectivity index (χ0v) is 10.4. The average Bonchev–Trinajstić information content (AvgIpc) is 3.12. The fourth-order valence-electron chi connectivity index (χ4n) is 2.13. The molecular formula is C14H18N2O. The topological polar surface area (TPSA) is 59.0 Å². The molecule has 1 atom stereocenters. The van der Waals surface area contributed by atoms with Gasteiger partial charge in [-0.05, 0) is 43.9 Å². The summed E-state index contributed by atoms with van der Waals surface area (Å²) in [7, 11) is 0. The third-order valence-corrected chi connectivity index (χ3v) is 3.46. The lowest BCUT2D eigenvalue weighted by atomic mass is 9.91. The Labute approximate surface area is 102 Å². The van der Waals surface area contributed by atoms with Gasteiger partial charge in [0.15, 0.2) is 0 Å². The van der Waals surface area contributed by atoms with Gasteiger partial charge in [0.1, 0.15) is 5.75 Å². The van der Waals surface area contributed by atoms with Crippen molar-refractivity contribution in [2.24, 2.45) is 11.1 Å². The predicted octanol–water partition coefficient (Wildman–Crippen LogP) is 2.70. The van der Waals surface area contributed by atoms with E-state index in [1.807, 2.05) is 32.0 Å². The second-order valence-electron chi connectivity index (χ2n) is 4.70. The van der Waals surface area contributed by atoms with Crippen LogP contribution in [-0.4, -0.2) is 6.61 Å². The molecule has 1 unspecified atom stereocenters. The van der Waals surface area contributed by atoms with Crippen molar-refractivity contribution in [3.63, 3.8) is 0 Å². The van der Waals surface area contributed by atoms with E-state index in [0.717, 1.165) is 29.7 Å². The molecule has 0 aliphatic heterocycles. The summed E-state index contributed by atoms with van der Waals surface area (Å²) in [5.74, 6) is 0.894. The molecule has 1 aromatic rings. The van der Waals surface area contributed by atoms with Crippen LogP contribution in [0.5, 0.6) is 5.75 Å². The minimum absolute atomic E-state index is 0.179. The molecule has 0 spiro atoms. The molecule has 1 aromatic carbocycles. The molecule has 0 amide bonds. The van der Waals surface area contributed by atoms with E-state index >= 15 is 0 Å². The number of benzene rings is 1. The summed E-state index contributed by atoms with van der Waals surface area (Å²) in [6.07, 6.45) is 1.83. The lowest BCUT2D eigenvalue weighted by molar-refractivity contribution is 0.337. The third-order valence-electron chi connectivity index (χ3n) is 3.46. The zero-order valence-electron chi connectivity index (χ0n) is 10.4. The van der Waals surface area contributed by atoms with Gasteiger partial charge in [0, 0.05) is 6.04 Å². The first-order chi connectivity index (χ1) is 8.13. The van der Waals surface area contributed by atoms with Gasteiger partial charge in [-0.3, -0.25) is 0 Å². The van der Waals surface area contributed by atoms with Gasteiger partial charge in [0.05, 0.1) is 18.1 Å². The normalized spacial score (nSPS) is 18.2. The molecule has 1 saturated carbocycles. The van der Waals surface area contributed by atoms with E-state index in [9.17, 15) is 0 Å². The van der Waals surface area contributed by atoms with E-state index in [4.69, 9.17) is 15.7 Å². The fourth-order valence-corrected chi connectivity index (χ4v) is 2.13. The Morgan fingerprint density at radius 1 is 1.53 bits per heavy atom. The SMILES string of the molecule is CCOc1ccc(C(N)C2(C#N)CC2)cc1C. The zero-order chi connectivity index (χ0) is 12.5. The summed E-state index contributed by atoms with van der Waals surface area (Å²) >= 11 is 0. The number of hydrogen-bond acceptors (Lipinski definition) is 3. The quantitative estimate of drug-likeness (QED) is 0.865. The molecule has 1 aliphatic carbocycles. The Morgan fingerprint density at radius 3 is 2.71 bits per heavy atom. The number of ether oxygens (including phenoxy) is 1. The number of aryl methyl sites for hydroxylation is 1. The fraction of sp³-hybridized carbons (Fsp3) is 0.500. The van der Waals surface area contributed by atoms with Gasteiger partial charge >= 0.3 is 0 Å². The van der Waals surface area contributed by atoms with Crippen LogP contribution >= 0.6 is 0 Å². The molecule has 1 fully saturated rings. The molecular weight excluding hydrogens is 212 g/mol. The highest BCUT2D eigenvalue weighted by molar-refractivity contribution is 5.39. The number of nitrogens with two attached hydrogens (primary N) is 1. The van der Waals surface area contributed by atoms with Crippen molar-refractivity contribution in [3.05, 3.63) is 29.3 Å². The van der Waals surface area contributed by atoms with Crippen LogP contribution < -0.4 is 10.5 Å². The Balaban J connectivity index is 2.23. The molecule has 0 heterocycles. The minimum atomic E-state index is -0.320. The van der Waals surface area contributed by atoms with Crippen molar-refractivity contribution in [2.45, 2.75) is 32.7 Å². The molecule has 0 radical (unpaired) electrons.